The molecule has 0 atom stereocenters. The van der Waals surface area contributed by atoms with Gasteiger partial charge in [-0.3, -0.25) is 0 Å². The molecule has 1 aliphatic heterocycles. The minimum atomic E-state index is -4.47. The first-order valence-electron chi connectivity index (χ1n) is 7.38. The molecule has 0 amide bonds. The molecule has 0 spiro atoms. The van der Waals surface area contributed by atoms with E-state index < -0.39 is 11.9 Å². The second-order valence-electron chi connectivity index (χ2n) is 5.38. The molecule has 1 saturated heterocycles. The quantitative estimate of drug-likeness (QED) is 0.846. The lowest BCUT2D eigenvalue weighted by Crippen LogP contribution is -2.47. The van der Waals surface area contributed by atoms with Gasteiger partial charge in [-0.2, -0.15) is 18.4 Å². The Hall–Kier alpha value is -2.82. The minimum Gasteiger partial charge on any atom is -0.368 e. The van der Waals surface area contributed by atoms with Crippen LogP contribution in [-0.2, 0) is 6.18 Å². The summed E-state index contributed by atoms with van der Waals surface area (Å²) in [5.41, 5.74) is 0.575. The number of piperazine rings is 1. The highest BCUT2D eigenvalue weighted by atomic mass is 19.4. The number of alkyl halides is 3. The zero-order valence-electron chi connectivity index (χ0n) is 12.7. The Labute approximate surface area is 137 Å². The van der Waals surface area contributed by atoms with Crippen molar-refractivity contribution in [1.82, 2.24) is 9.97 Å². The van der Waals surface area contributed by atoms with Gasteiger partial charge in [0, 0.05) is 38.1 Å². The molecule has 0 saturated carbocycles. The lowest BCUT2D eigenvalue weighted by atomic mass is 10.2. The Morgan fingerprint density at radius 3 is 2.42 bits per heavy atom. The van der Waals surface area contributed by atoms with E-state index in [9.17, 15) is 13.2 Å². The second-order valence-corrected chi connectivity index (χ2v) is 5.38. The highest BCUT2D eigenvalue weighted by Crippen LogP contribution is 2.28. The fourth-order valence-electron chi connectivity index (χ4n) is 2.60. The van der Waals surface area contributed by atoms with Gasteiger partial charge in [0.1, 0.15) is 5.69 Å². The number of nitriles is 1. The van der Waals surface area contributed by atoms with Crippen LogP contribution in [0.4, 0.5) is 24.8 Å². The number of nitrogens with zero attached hydrogens (tertiary/aromatic N) is 5. The molecule has 0 unspecified atom stereocenters. The van der Waals surface area contributed by atoms with Gasteiger partial charge in [0.25, 0.3) is 0 Å². The normalized spacial score (nSPS) is 15.2. The van der Waals surface area contributed by atoms with Crippen molar-refractivity contribution < 1.29 is 13.2 Å². The summed E-state index contributed by atoms with van der Waals surface area (Å²) >= 11 is 0. The van der Waals surface area contributed by atoms with Crippen molar-refractivity contribution in [3.63, 3.8) is 0 Å². The molecule has 1 aliphatic rings. The summed E-state index contributed by atoms with van der Waals surface area (Å²) in [5.74, 6) is 0.0928. The zero-order valence-corrected chi connectivity index (χ0v) is 12.7. The van der Waals surface area contributed by atoms with Crippen LogP contribution < -0.4 is 9.80 Å². The van der Waals surface area contributed by atoms with Crippen molar-refractivity contribution >= 4 is 11.6 Å². The van der Waals surface area contributed by atoms with Crippen molar-refractivity contribution in [3.8, 4) is 6.07 Å². The van der Waals surface area contributed by atoms with Crippen molar-refractivity contribution in [2.75, 3.05) is 36.0 Å². The maximum Gasteiger partial charge on any atom is 0.433 e. The average molecular weight is 333 g/mol. The van der Waals surface area contributed by atoms with E-state index >= 15 is 0 Å². The molecule has 0 radical (unpaired) electrons. The van der Waals surface area contributed by atoms with Gasteiger partial charge in [0.15, 0.2) is 0 Å². The molecule has 2 heterocycles. The van der Waals surface area contributed by atoms with Crippen LogP contribution in [0.15, 0.2) is 36.5 Å². The van der Waals surface area contributed by atoms with Gasteiger partial charge in [0.2, 0.25) is 5.95 Å². The predicted octanol–water partition coefficient (Wildman–Crippen LogP) is 2.69. The van der Waals surface area contributed by atoms with E-state index in [1.54, 1.807) is 17.0 Å². The van der Waals surface area contributed by atoms with Gasteiger partial charge in [0.05, 0.1) is 11.6 Å². The summed E-state index contributed by atoms with van der Waals surface area (Å²) in [7, 11) is 0. The van der Waals surface area contributed by atoms with Crippen LogP contribution in [0.2, 0.25) is 0 Å². The third-order valence-corrected chi connectivity index (χ3v) is 3.84. The van der Waals surface area contributed by atoms with Gasteiger partial charge in [-0.25, -0.2) is 9.97 Å². The Morgan fingerprint density at radius 1 is 1.04 bits per heavy atom. The van der Waals surface area contributed by atoms with Crippen molar-refractivity contribution in [2.45, 2.75) is 6.18 Å². The number of halogens is 3. The fourth-order valence-corrected chi connectivity index (χ4v) is 2.60. The smallest absolute Gasteiger partial charge is 0.368 e. The Kier molecular flexibility index (Phi) is 4.25. The van der Waals surface area contributed by atoms with Crippen LogP contribution in [0.1, 0.15) is 11.3 Å². The first-order valence-corrected chi connectivity index (χ1v) is 7.38. The predicted molar refractivity (Wildman–Crippen MR) is 82.6 cm³/mol. The zero-order chi connectivity index (χ0) is 17.2. The van der Waals surface area contributed by atoms with Gasteiger partial charge >= 0.3 is 6.18 Å². The number of hydrogen-bond acceptors (Lipinski definition) is 5. The van der Waals surface area contributed by atoms with E-state index in [1.165, 1.54) is 0 Å². The number of benzene rings is 1. The van der Waals surface area contributed by atoms with Crippen molar-refractivity contribution in [1.29, 1.82) is 5.26 Å². The Balaban J connectivity index is 1.70. The molecule has 0 aliphatic carbocycles. The highest BCUT2D eigenvalue weighted by Gasteiger charge is 2.33. The van der Waals surface area contributed by atoms with E-state index in [-0.39, 0.29) is 5.95 Å². The SMILES string of the molecule is N#Cc1cccc(N2CCN(c3nccc(C(F)(F)F)n3)CC2)c1. The topological polar surface area (TPSA) is 56.1 Å². The van der Waals surface area contributed by atoms with Crippen molar-refractivity contribution in [3.05, 3.63) is 47.8 Å². The summed E-state index contributed by atoms with van der Waals surface area (Å²) in [5, 5.41) is 8.96. The molecule has 0 bridgehead atoms. The van der Waals surface area contributed by atoms with Gasteiger partial charge in [-0.1, -0.05) is 6.07 Å². The molecule has 0 N–H and O–H groups in total. The lowest BCUT2D eigenvalue weighted by Gasteiger charge is -2.36. The maximum absolute atomic E-state index is 12.7. The standard InChI is InChI=1S/C16H14F3N5/c17-16(18,19)14-4-5-21-15(22-14)24-8-6-23(7-9-24)13-3-1-2-12(10-13)11-20/h1-5,10H,6-9H2. The molecular weight excluding hydrogens is 319 g/mol. The monoisotopic (exact) mass is 333 g/mol. The minimum absolute atomic E-state index is 0.0928. The summed E-state index contributed by atoms with van der Waals surface area (Å²) < 4.78 is 38.2. The molecule has 24 heavy (non-hydrogen) atoms. The Bertz CT molecular complexity index is 761. The number of rotatable bonds is 2. The second kappa shape index (κ2) is 6.35. The van der Waals surface area contributed by atoms with Crippen LogP contribution in [0.25, 0.3) is 0 Å². The molecule has 1 aromatic carbocycles. The largest absolute Gasteiger partial charge is 0.433 e. The van der Waals surface area contributed by atoms with Gasteiger partial charge in [-0.15, -0.1) is 0 Å². The number of aromatic nitrogens is 2. The number of anilines is 2. The molecule has 1 fully saturated rings. The maximum atomic E-state index is 12.7. The van der Waals surface area contributed by atoms with Crippen molar-refractivity contribution in [2.24, 2.45) is 0 Å². The third-order valence-electron chi connectivity index (χ3n) is 3.84. The molecule has 5 nitrogen and oxygen atoms in total. The summed E-state index contributed by atoms with van der Waals surface area (Å²) in [4.78, 5) is 11.4. The molecular formula is C16H14F3N5. The molecule has 124 valence electrons. The lowest BCUT2D eigenvalue weighted by molar-refractivity contribution is -0.141. The van der Waals surface area contributed by atoms with E-state index in [0.29, 0.717) is 31.7 Å². The summed E-state index contributed by atoms with van der Waals surface area (Å²) in [6.07, 6.45) is -3.34. The van der Waals surface area contributed by atoms with Crippen LogP contribution in [0.5, 0.6) is 0 Å². The number of hydrogen-bond donors (Lipinski definition) is 0. The van der Waals surface area contributed by atoms with Crippen LogP contribution in [-0.4, -0.2) is 36.1 Å². The van der Waals surface area contributed by atoms with Gasteiger partial charge < -0.3 is 9.80 Å². The van der Waals surface area contributed by atoms with Crippen LogP contribution in [0, 0.1) is 11.3 Å². The fraction of sp³-hybridized carbons (Fsp3) is 0.312. The van der Waals surface area contributed by atoms with E-state index in [4.69, 9.17) is 5.26 Å². The first-order chi connectivity index (χ1) is 11.5. The molecule has 2 aromatic rings. The molecule has 1 aromatic heterocycles. The van der Waals surface area contributed by atoms with Gasteiger partial charge in [-0.05, 0) is 24.3 Å². The first kappa shape index (κ1) is 16.1. The third kappa shape index (κ3) is 3.40. The molecule has 3 rings (SSSR count). The average Bonchev–Trinajstić information content (AvgIpc) is 2.61. The van der Waals surface area contributed by atoms with Crippen LogP contribution >= 0.6 is 0 Å². The van der Waals surface area contributed by atoms with E-state index in [2.05, 4.69) is 20.9 Å². The summed E-state index contributed by atoms with van der Waals surface area (Å²) in [6, 6.07) is 10.2. The highest BCUT2D eigenvalue weighted by molar-refractivity contribution is 5.52. The van der Waals surface area contributed by atoms with Crippen LogP contribution in [0.3, 0.4) is 0 Å². The molecule has 8 heteroatoms. The van der Waals surface area contributed by atoms with E-state index in [1.807, 2.05) is 12.1 Å². The Morgan fingerprint density at radius 2 is 1.75 bits per heavy atom. The van der Waals surface area contributed by atoms with E-state index in [0.717, 1.165) is 18.0 Å². The summed E-state index contributed by atoms with van der Waals surface area (Å²) in [6.45, 7) is 2.26.